The van der Waals surface area contributed by atoms with Crippen molar-refractivity contribution < 1.29 is 13.2 Å². The molecule has 1 aromatic carbocycles. The molecule has 0 saturated carbocycles. The van der Waals surface area contributed by atoms with Gasteiger partial charge in [0.15, 0.2) is 0 Å². The Balaban J connectivity index is 1.91. The van der Waals surface area contributed by atoms with Gasteiger partial charge in [0, 0.05) is 17.4 Å². The molecule has 2 heterocycles. The first-order chi connectivity index (χ1) is 11.4. The lowest BCUT2D eigenvalue weighted by Gasteiger charge is -2.29. The lowest BCUT2D eigenvalue weighted by Crippen LogP contribution is -2.32. The van der Waals surface area contributed by atoms with Gasteiger partial charge in [-0.25, -0.2) is 14.3 Å². The van der Waals surface area contributed by atoms with Crippen LogP contribution in [0.25, 0.3) is 5.78 Å². The summed E-state index contributed by atoms with van der Waals surface area (Å²) >= 11 is 6.73. The normalized spacial score (nSPS) is 13.6. The predicted molar refractivity (Wildman–Crippen MR) is 86.9 cm³/mol. The van der Waals surface area contributed by atoms with Crippen LogP contribution in [0.2, 0.25) is 5.02 Å². The van der Waals surface area contributed by atoms with Crippen LogP contribution in [0.4, 0.5) is 13.2 Å². The van der Waals surface area contributed by atoms with Crippen molar-refractivity contribution >= 4 is 29.3 Å². The molecule has 3 rings (SSSR count). The number of fused-ring (bicyclic) bond motifs is 1. The average Bonchev–Trinajstić information content (AvgIpc) is 2.91. The van der Waals surface area contributed by atoms with Gasteiger partial charge < -0.3 is 0 Å². The Morgan fingerprint density at radius 1 is 1.21 bits per heavy atom. The SMILES string of the molecule is CN(Sc1cnc2ncccn12)C(c1ccc(Cl)cc1)C(F)(F)F. The third-order valence-corrected chi connectivity index (χ3v) is 4.59. The van der Waals surface area contributed by atoms with Crippen molar-refractivity contribution in [2.45, 2.75) is 17.2 Å². The van der Waals surface area contributed by atoms with Crippen LogP contribution in [0.1, 0.15) is 11.6 Å². The molecule has 0 radical (unpaired) electrons. The van der Waals surface area contributed by atoms with Gasteiger partial charge in [0.05, 0.1) is 6.20 Å². The number of rotatable bonds is 4. The zero-order chi connectivity index (χ0) is 17.3. The van der Waals surface area contributed by atoms with Gasteiger partial charge in [-0.15, -0.1) is 0 Å². The highest BCUT2D eigenvalue weighted by Gasteiger charge is 2.44. The number of imidazole rings is 1. The maximum absolute atomic E-state index is 13.6. The Labute approximate surface area is 145 Å². The second-order valence-electron chi connectivity index (χ2n) is 5.02. The van der Waals surface area contributed by atoms with E-state index in [2.05, 4.69) is 9.97 Å². The third-order valence-electron chi connectivity index (χ3n) is 3.35. The van der Waals surface area contributed by atoms with Crippen LogP contribution in [-0.2, 0) is 0 Å². The average molecular weight is 373 g/mol. The van der Waals surface area contributed by atoms with E-state index in [9.17, 15) is 13.2 Å². The molecule has 2 aromatic heterocycles. The summed E-state index contributed by atoms with van der Waals surface area (Å²) in [5.41, 5.74) is 0.119. The number of nitrogens with zero attached hydrogens (tertiary/aromatic N) is 4. The minimum Gasteiger partial charge on any atom is -0.277 e. The molecule has 0 aliphatic carbocycles. The Kier molecular flexibility index (Phi) is 4.71. The van der Waals surface area contributed by atoms with Crippen LogP contribution in [0.3, 0.4) is 0 Å². The molecule has 0 bridgehead atoms. The second-order valence-corrected chi connectivity index (χ2v) is 6.63. The van der Waals surface area contributed by atoms with Gasteiger partial charge in [0.2, 0.25) is 5.78 Å². The number of alkyl halides is 3. The lowest BCUT2D eigenvalue weighted by molar-refractivity contribution is -0.169. The summed E-state index contributed by atoms with van der Waals surface area (Å²) in [6.07, 6.45) is 0.343. The Bertz CT molecular complexity index is 835. The second kappa shape index (κ2) is 6.62. The number of halogens is 4. The molecule has 4 nitrogen and oxygen atoms in total. The summed E-state index contributed by atoms with van der Waals surface area (Å²) in [7, 11) is 1.40. The molecule has 0 aliphatic rings. The lowest BCUT2D eigenvalue weighted by atomic mass is 10.1. The number of benzene rings is 1. The van der Waals surface area contributed by atoms with E-state index in [0.717, 1.165) is 16.3 Å². The van der Waals surface area contributed by atoms with Crippen LogP contribution in [0.5, 0.6) is 0 Å². The fourth-order valence-corrected chi connectivity index (χ4v) is 3.42. The van der Waals surface area contributed by atoms with Crippen LogP contribution >= 0.6 is 23.5 Å². The quantitative estimate of drug-likeness (QED) is 0.625. The first kappa shape index (κ1) is 17.1. The molecular weight excluding hydrogens is 361 g/mol. The third kappa shape index (κ3) is 3.50. The largest absolute Gasteiger partial charge is 0.408 e. The summed E-state index contributed by atoms with van der Waals surface area (Å²) < 4.78 is 43.5. The van der Waals surface area contributed by atoms with Crippen molar-refractivity contribution in [1.29, 1.82) is 0 Å². The fraction of sp³-hybridized carbons (Fsp3) is 0.200. The van der Waals surface area contributed by atoms with E-state index in [0.29, 0.717) is 15.8 Å². The number of hydrogen-bond donors (Lipinski definition) is 0. The first-order valence-electron chi connectivity index (χ1n) is 6.87. The molecular formula is C15H12ClF3N4S. The van der Waals surface area contributed by atoms with E-state index >= 15 is 0 Å². The maximum Gasteiger partial charge on any atom is 0.408 e. The van der Waals surface area contributed by atoms with Gasteiger partial charge in [0.1, 0.15) is 11.1 Å². The van der Waals surface area contributed by atoms with Crippen molar-refractivity contribution in [1.82, 2.24) is 18.7 Å². The van der Waals surface area contributed by atoms with Gasteiger partial charge >= 0.3 is 6.18 Å². The minimum atomic E-state index is -4.44. The Hall–Kier alpha value is -1.77. The minimum absolute atomic E-state index is 0.119. The number of hydrogen-bond acceptors (Lipinski definition) is 4. The molecule has 9 heteroatoms. The highest BCUT2D eigenvalue weighted by Crippen LogP contribution is 2.41. The van der Waals surface area contributed by atoms with Gasteiger partial charge in [-0.05, 0) is 42.8 Å². The predicted octanol–water partition coefficient (Wildman–Crippen LogP) is 4.63. The molecule has 0 spiro atoms. The van der Waals surface area contributed by atoms with Gasteiger partial charge in [0.25, 0.3) is 0 Å². The highest BCUT2D eigenvalue weighted by atomic mass is 35.5. The molecule has 0 fully saturated rings. The van der Waals surface area contributed by atoms with Crippen molar-refractivity contribution in [2.75, 3.05) is 7.05 Å². The molecule has 126 valence electrons. The summed E-state index contributed by atoms with van der Waals surface area (Å²) in [6.45, 7) is 0. The molecule has 0 amide bonds. The number of aromatic nitrogens is 3. The summed E-state index contributed by atoms with van der Waals surface area (Å²) in [6, 6.07) is 5.58. The topological polar surface area (TPSA) is 33.4 Å². The molecule has 3 aromatic rings. The molecule has 1 atom stereocenters. The molecule has 0 N–H and O–H groups in total. The molecule has 24 heavy (non-hydrogen) atoms. The van der Waals surface area contributed by atoms with Crippen molar-refractivity contribution in [3.05, 3.63) is 59.5 Å². The zero-order valence-corrected chi connectivity index (χ0v) is 14.0. The zero-order valence-electron chi connectivity index (χ0n) is 12.4. The highest BCUT2D eigenvalue weighted by molar-refractivity contribution is 7.97. The van der Waals surface area contributed by atoms with E-state index in [4.69, 9.17) is 11.6 Å². The van der Waals surface area contributed by atoms with Gasteiger partial charge in [-0.2, -0.15) is 13.2 Å². The van der Waals surface area contributed by atoms with Crippen LogP contribution < -0.4 is 0 Å². The standard InChI is InChI=1S/C15H12ClF3N4S/c1-22(24-12-9-21-14-20-7-2-8-23(12)14)13(15(17,18)19)10-3-5-11(16)6-4-10/h2-9,13H,1H3. The first-order valence-corrected chi connectivity index (χ1v) is 8.02. The van der Waals surface area contributed by atoms with Crippen molar-refractivity contribution in [2.24, 2.45) is 0 Å². The molecule has 0 saturated heterocycles. The summed E-state index contributed by atoms with van der Waals surface area (Å²) in [5, 5.41) is 0.937. The molecule has 0 aliphatic heterocycles. The van der Waals surface area contributed by atoms with E-state index in [1.54, 1.807) is 22.9 Å². The Morgan fingerprint density at radius 2 is 1.92 bits per heavy atom. The summed E-state index contributed by atoms with van der Waals surface area (Å²) in [4.78, 5) is 8.14. The molecule has 1 unspecified atom stereocenters. The monoisotopic (exact) mass is 372 g/mol. The van der Waals surface area contributed by atoms with Crippen molar-refractivity contribution in [3.63, 3.8) is 0 Å². The van der Waals surface area contributed by atoms with Crippen LogP contribution in [0, 0.1) is 0 Å². The van der Waals surface area contributed by atoms with E-state index in [1.807, 2.05) is 0 Å². The van der Waals surface area contributed by atoms with Crippen LogP contribution in [-0.4, -0.2) is 31.9 Å². The van der Waals surface area contributed by atoms with E-state index in [1.165, 1.54) is 37.5 Å². The van der Waals surface area contributed by atoms with Gasteiger partial charge in [-0.3, -0.25) is 4.40 Å². The smallest absolute Gasteiger partial charge is 0.277 e. The van der Waals surface area contributed by atoms with Gasteiger partial charge in [-0.1, -0.05) is 23.7 Å². The summed E-state index contributed by atoms with van der Waals surface area (Å²) in [5.74, 6) is 0.434. The van der Waals surface area contributed by atoms with Crippen LogP contribution in [0.15, 0.2) is 53.9 Å². The Morgan fingerprint density at radius 3 is 2.58 bits per heavy atom. The fourth-order valence-electron chi connectivity index (χ4n) is 2.32. The van der Waals surface area contributed by atoms with Crippen molar-refractivity contribution in [3.8, 4) is 0 Å². The maximum atomic E-state index is 13.6. The van der Waals surface area contributed by atoms with E-state index < -0.39 is 12.2 Å². The van der Waals surface area contributed by atoms with E-state index in [-0.39, 0.29) is 5.56 Å².